The quantitative estimate of drug-likeness (QED) is 0.598. The number of carbonyl (C=O) groups is 2. The Kier molecular flexibility index (Phi) is 3.46. The minimum Gasteiger partial charge on any atom is -0.296 e. The first-order valence-electron chi connectivity index (χ1n) is 4.69. The number of amides is 2. The zero-order valence-electron chi connectivity index (χ0n) is 8.00. The second-order valence-corrected chi connectivity index (χ2v) is 7.91. The molecule has 0 spiro atoms. The van der Waals surface area contributed by atoms with Crippen molar-refractivity contribution in [2.45, 2.75) is 16.0 Å². The molecule has 88 valence electrons. The summed E-state index contributed by atoms with van der Waals surface area (Å²) >= 11 is 18.0. The van der Waals surface area contributed by atoms with E-state index in [2.05, 4.69) is 5.32 Å². The van der Waals surface area contributed by atoms with Crippen LogP contribution in [0.25, 0.3) is 0 Å². The second-order valence-electron chi connectivity index (χ2n) is 3.67. The fourth-order valence-corrected chi connectivity index (χ4v) is 3.69. The maximum Gasteiger partial charge on any atom is 0.241 e. The van der Waals surface area contributed by atoms with Gasteiger partial charge in [-0.25, -0.2) is 0 Å². The molecule has 2 aliphatic rings. The summed E-state index contributed by atoms with van der Waals surface area (Å²) in [6.07, 6.45) is 3.27. The van der Waals surface area contributed by atoms with E-state index < -0.39 is 9.04 Å². The van der Waals surface area contributed by atoms with Gasteiger partial charge in [0.2, 0.25) is 14.9 Å². The van der Waals surface area contributed by atoms with Gasteiger partial charge in [-0.05, 0) is 17.7 Å². The molecular weight excluding hydrogens is 293 g/mol. The lowest BCUT2D eigenvalue weighted by atomic mass is 9.86. The van der Waals surface area contributed by atoms with Crippen LogP contribution in [-0.2, 0) is 9.59 Å². The molecule has 1 aliphatic heterocycles. The van der Waals surface area contributed by atoms with Crippen molar-refractivity contribution in [3.63, 3.8) is 0 Å². The molecule has 16 heavy (non-hydrogen) atoms. The molecule has 0 aromatic carbocycles. The summed E-state index contributed by atoms with van der Waals surface area (Å²) < 4.78 is -1.50. The lowest BCUT2D eigenvalue weighted by Crippen LogP contribution is -2.23. The van der Waals surface area contributed by atoms with Gasteiger partial charge < -0.3 is 0 Å². The van der Waals surface area contributed by atoms with E-state index in [9.17, 15) is 9.59 Å². The number of alkyl halides is 3. The summed E-state index contributed by atoms with van der Waals surface area (Å²) in [7, 11) is 0. The van der Waals surface area contributed by atoms with E-state index in [1.54, 1.807) is 0 Å². The summed E-state index contributed by atoms with van der Waals surface area (Å²) in [5.74, 6) is -1.28. The molecule has 1 fully saturated rings. The molecule has 0 aromatic rings. The summed E-state index contributed by atoms with van der Waals surface area (Å²) in [5.41, 5.74) is 0. The molecule has 2 unspecified atom stereocenters. The fraction of sp³-hybridized carbons (Fsp3) is 0.556. The molecule has 0 saturated carbocycles. The number of hydrogen-bond acceptors (Lipinski definition) is 3. The highest BCUT2D eigenvalue weighted by Crippen LogP contribution is 2.50. The SMILES string of the molecule is O=C1NC(=O)C2C(SC(Cl)(Cl)Cl)=CCCC12. The van der Waals surface area contributed by atoms with E-state index in [-0.39, 0.29) is 17.7 Å². The number of fused-ring (bicyclic) bond motifs is 1. The van der Waals surface area contributed by atoms with Crippen LogP contribution in [0.5, 0.6) is 0 Å². The molecule has 0 aromatic heterocycles. The molecule has 2 rings (SSSR count). The van der Waals surface area contributed by atoms with Crippen LogP contribution in [0.3, 0.4) is 0 Å². The largest absolute Gasteiger partial charge is 0.296 e. The van der Waals surface area contributed by atoms with Crippen molar-refractivity contribution in [3.8, 4) is 0 Å². The van der Waals surface area contributed by atoms with Gasteiger partial charge in [-0.1, -0.05) is 52.6 Å². The molecule has 0 radical (unpaired) electrons. The van der Waals surface area contributed by atoms with Crippen LogP contribution in [0, 0.1) is 11.8 Å². The predicted octanol–water partition coefficient (Wildman–Crippen LogP) is 2.61. The molecule has 1 heterocycles. The highest BCUT2D eigenvalue weighted by molar-refractivity contribution is 8.08. The zero-order valence-corrected chi connectivity index (χ0v) is 11.1. The molecular formula is C9H8Cl3NO2S. The van der Waals surface area contributed by atoms with Gasteiger partial charge in [-0.3, -0.25) is 14.9 Å². The molecule has 2 atom stereocenters. The highest BCUT2D eigenvalue weighted by atomic mass is 35.6. The third-order valence-corrected chi connectivity index (χ3v) is 4.21. The minimum absolute atomic E-state index is 0.217. The Balaban J connectivity index is 2.23. The van der Waals surface area contributed by atoms with Crippen LogP contribution in [0.1, 0.15) is 12.8 Å². The van der Waals surface area contributed by atoms with Crippen molar-refractivity contribution >= 4 is 58.4 Å². The summed E-state index contributed by atoms with van der Waals surface area (Å²) in [4.78, 5) is 23.7. The summed E-state index contributed by atoms with van der Waals surface area (Å²) in [6, 6.07) is 0. The Morgan fingerprint density at radius 3 is 2.62 bits per heavy atom. The van der Waals surface area contributed by atoms with Crippen molar-refractivity contribution in [2.24, 2.45) is 11.8 Å². The van der Waals surface area contributed by atoms with E-state index in [4.69, 9.17) is 34.8 Å². The fourth-order valence-electron chi connectivity index (χ4n) is 2.02. The Bertz CT molecular complexity index is 377. The smallest absolute Gasteiger partial charge is 0.241 e. The van der Waals surface area contributed by atoms with Crippen molar-refractivity contribution < 1.29 is 9.59 Å². The molecule has 2 amide bonds. The van der Waals surface area contributed by atoms with Crippen LogP contribution in [0.4, 0.5) is 0 Å². The lowest BCUT2D eigenvalue weighted by Gasteiger charge is -2.24. The van der Waals surface area contributed by atoms with Gasteiger partial charge in [-0.2, -0.15) is 0 Å². The average molecular weight is 301 g/mol. The monoisotopic (exact) mass is 299 g/mol. The number of allylic oxidation sites excluding steroid dienone is 1. The number of rotatable bonds is 1. The maximum atomic E-state index is 11.6. The van der Waals surface area contributed by atoms with Crippen LogP contribution in [0.15, 0.2) is 11.0 Å². The number of hydrogen-bond donors (Lipinski definition) is 1. The number of imide groups is 1. The topological polar surface area (TPSA) is 46.2 Å². The normalized spacial score (nSPS) is 29.8. The molecule has 7 heteroatoms. The Hall–Kier alpha value is 0.1000. The first kappa shape index (κ1) is 12.6. The first-order chi connectivity index (χ1) is 7.38. The summed E-state index contributed by atoms with van der Waals surface area (Å²) in [6.45, 7) is 0. The van der Waals surface area contributed by atoms with Gasteiger partial charge in [0.25, 0.3) is 0 Å². The van der Waals surface area contributed by atoms with Gasteiger partial charge in [0.15, 0.2) is 0 Å². The van der Waals surface area contributed by atoms with E-state index in [0.717, 1.165) is 18.2 Å². The van der Waals surface area contributed by atoms with Crippen LogP contribution in [-0.4, -0.2) is 14.9 Å². The van der Waals surface area contributed by atoms with Crippen LogP contribution < -0.4 is 5.32 Å². The van der Waals surface area contributed by atoms with Crippen molar-refractivity contribution in [1.29, 1.82) is 0 Å². The minimum atomic E-state index is -1.50. The number of nitrogens with one attached hydrogen (secondary N) is 1. The Morgan fingerprint density at radius 2 is 2.00 bits per heavy atom. The van der Waals surface area contributed by atoms with E-state index in [1.165, 1.54) is 0 Å². The standard InChI is InChI=1S/C9H8Cl3NO2S/c10-9(11,12)16-5-3-1-2-4-6(5)8(15)13-7(4)14/h3-4,6H,1-2H2,(H,13,14,15). The zero-order chi connectivity index (χ0) is 11.9. The second kappa shape index (κ2) is 4.41. The predicted molar refractivity (Wildman–Crippen MR) is 65.3 cm³/mol. The van der Waals surface area contributed by atoms with Gasteiger partial charge in [0.05, 0.1) is 11.8 Å². The van der Waals surface area contributed by atoms with Crippen molar-refractivity contribution in [2.75, 3.05) is 0 Å². The third kappa shape index (κ3) is 2.50. The van der Waals surface area contributed by atoms with E-state index in [0.29, 0.717) is 11.3 Å². The van der Waals surface area contributed by atoms with Crippen molar-refractivity contribution in [3.05, 3.63) is 11.0 Å². The van der Waals surface area contributed by atoms with Crippen LogP contribution in [0.2, 0.25) is 0 Å². The first-order valence-corrected chi connectivity index (χ1v) is 6.64. The Morgan fingerprint density at radius 1 is 1.31 bits per heavy atom. The summed E-state index contributed by atoms with van der Waals surface area (Å²) in [5, 5.41) is 2.31. The molecule has 3 nitrogen and oxygen atoms in total. The molecule has 0 bridgehead atoms. The van der Waals surface area contributed by atoms with Gasteiger partial charge in [0.1, 0.15) is 0 Å². The molecule has 1 saturated heterocycles. The molecule has 1 N–H and O–H groups in total. The Labute approximate surface area is 112 Å². The van der Waals surface area contributed by atoms with E-state index >= 15 is 0 Å². The van der Waals surface area contributed by atoms with Gasteiger partial charge in [0, 0.05) is 0 Å². The van der Waals surface area contributed by atoms with Crippen molar-refractivity contribution in [1.82, 2.24) is 5.32 Å². The highest BCUT2D eigenvalue weighted by Gasteiger charge is 2.46. The number of carbonyl (C=O) groups excluding carboxylic acids is 2. The third-order valence-electron chi connectivity index (χ3n) is 2.63. The number of thioether (sulfide) groups is 1. The lowest BCUT2D eigenvalue weighted by molar-refractivity contribution is -0.126. The maximum absolute atomic E-state index is 11.6. The van der Waals surface area contributed by atoms with Gasteiger partial charge >= 0.3 is 0 Å². The van der Waals surface area contributed by atoms with Gasteiger partial charge in [-0.15, -0.1) is 0 Å². The molecule has 1 aliphatic carbocycles. The number of halogens is 3. The van der Waals surface area contributed by atoms with Crippen LogP contribution >= 0.6 is 46.6 Å². The van der Waals surface area contributed by atoms with E-state index in [1.807, 2.05) is 6.08 Å². The average Bonchev–Trinajstić information content (AvgIpc) is 2.41.